The minimum Gasteiger partial charge on any atom is -0.484 e. The Hall–Kier alpha value is -3.91. The van der Waals surface area contributed by atoms with Crippen molar-refractivity contribution in [3.63, 3.8) is 0 Å². The fourth-order valence-electron chi connectivity index (χ4n) is 2.95. The second-order valence-corrected chi connectivity index (χ2v) is 8.15. The molecule has 8 heteroatoms. The van der Waals surface area contributed by atoms with E-state index in [1.165, 1.54) is 6.26 Å². The highest BCUT2D eigenvalue weighted by Crippen LogP contribution is 2.36. The Morgan fingerprint density at radius 2 is 1.81 bits per heavy atom. The van der Waals surface area contributed by atoms with Crippen LogP contribution >= 0.6 is 11.3 Å². The highest BCUT2D eigenvalue weighted by molar-refractivity contribution is 7.20. The summed E-state index contributed by atoms with van der Waals surface area (Å²) in [4.78, 5) is 29.4. The minimum atomic E-state index is -0.396. The second kappa shape index (κ2) is 9.49. The molecule has 0 unspecified atom stereocenters. The van der Waals surface area contributed by atoms with Gasteiger partial charge in [0.05, 0.1) is 6.26 Å². The maximum atomic E-state index is 12.5. The van der Waals surface area contributed by atoms with E-state index >= 15 is 0 Å². The number of furan rings is 1. The molecule has 0 aliphatic rings. The number of rotatable bonds is 7. The van der Waals surface area contributed by atoms with Gasteiger partial charge in [-0.1, -0.05) is 53.3 Å². The Balaban J connectivity index is 1.52. The molecule has 0 saturated heterocycles. The number of aromatic nitrogens is 1. The van der Waals surface area contributed by atoms with Gasteiger partial charge in [-0.2, -0.15) is 0 Å². The van der Waals surface area contributed by atoms with Crippen LogP contribution in [0, 0.1) is 13.8 Å². The molecular weight excluding hydrogens is 426 g/mol. The molecule has 32 heavy (non-hydrogen) atoms. The van der Waals surface area contributed by atoms with Gasteiger partial charge >= 0.3 is 0 Å². The monoisotopic (exact) mass is 447 g/mol. The van der Waals surface area contributed by atoms with E-state index in [1.54, 1.807) is 18.2 Å². The normalized spacial score (nSPS) is 10.6. The van der Waals surface area contributed by atoms with Gasteiger partial charge in [-0.3, -0.25) is 14.9 Å². The second-order valence-electron chi connectivity index (χ2n) is 7.15. The van der Waals surface area contributed by atoms with Gasteiger partial charge in [0.2, 0.25) is 0 Å². The maximum Gasteiger partial charge on any atom is 0.292 e. The number of hydrogen-bond donors (Lipinski definition) is 2. The molecule has 2 N–H and O–H groups in total. The summed E-state index contributed by atoms with van der Waals surface area (Å²) < 4.78 is 10.7. The first-order valence-electron chi connectivity index (χ1n) is 9.90. The Bertz CT molecular complexity index is 1230. The first-order valence-corrected chi connectivity index (χ1v) is 10.7. The topological polar surface area (TPSA) is 93.5 Å². The van der Waals surface area contributed by atoms with Crippen LogP contribution in [0.4, 0.5) is 10.1 Å². The molecule has 2 heterocycles. The van der Waals surface area contributed by atoms with Crippen molar-refractivity contribution < 1.29 is 18.7 Å². The lowest BCUT2D eigenvalue weighted by Crippen LogP contribution is -2.20. The van der Waals surface area contributed by atoms with E-state index in [0.717, 1.165) is 28.0 Å². The average Bonchev–Trinajstić information content (AvgIpc) is 3.44. The van der Waals surface area contributed by atoms with Crippen molar-refractivity contribution in [2.24, 2.45) is 0 Å². The van der Waals surface area contributed by atoms with Gasteiger partial charge in [0, 0.05) is 5.56 Å². The molecule has 4 aromatic rings. The highest BCUT2D eigenvalue weighted by Gasteiger charge is 2.19. The third kappa shape index (κ3) is 5.22. The lowest BCUT2D eigenvalue weighted by Gasteiger charge is -2.06. The van der Waals surface area contributed by atoms with Crippen molar-refractivity contribution in [1.82, 2.24) is 4.98 Å². The molecule has 0 aliphatic heterocycles. The van der Waals surface area contributed by atoms with Gasteiger partial charge in [0.1, 0.15) is 16.4 Å². The summed E-state index contributed by atoms with van der Waals surface area (Å²) in [6, 6.07) is 18.4. The molecule has 0 spiro atoms. The van der Waals surface area contributed by atoms with Crippen molar-refractivity contribution in [3.05, 3.63) is 83.8 Å². The highest BCUT2D eigenvalue weighted by atomic mass is 32.1. The quantitative estimate of drug-likeness (QED) is 0.402. The van der Waals surface area contributed by atoms with Crippen molar-refractivity contribution >= 4 is 33.3 Å². The van der Waals surface area contributed by atoms with E-state index in [9.17, 15) is 9.59 Å². The van der Waals surface area contributed by atoms with E-state index < -0.39 is 5.91 Å². The van der Waals surface area contributed by atoms with Crippen LogP contribution in [0.15, 0.2) is 71.3 Å². The van der Waals surface area contributed by atoms with Crippen LogP contribution in [0.3, 0.4) is 0 Å². The van der Waals surface area contributed by atoms with Crippen molar-refractivity contribution in [2.75, 3.05) is 17.2 Å². The summed E-state index contributed by atoms with van der Waals surface area (Å²) >= 11 is 1.16. The van der Waals surface area contributed by atoms with Gasteiger partial charge in [-0.05, 0) is 43.7 Å². The van der Waals surface area contributed by atoms with E-state index in [-0.39, 0.29) is 18.3 Å². The van der Waals surface area contributed by atoms with Crippen LogP contribution in [-0.2, 0) is 4.79 Å². The summed E-state index contributed by atoms with van der Waals surface area (Å²) in [5.41, 5.74) is 3.53. The number of benzene rings is 2. The number of carbonyl (C=O) groups is 2. The van der Waals surface area contributed by atoms with Crippen molar-refractivity contribution in [1.29, 1.82) is 0 Å². The average molecular weight is 448 g/mol. The standard InChI is InChI=1S/C24H21N3O4S/c1-15-8-10-17(11-9-15)21-23(27-22(29)19-7-4-12-30-19)32-24(26-21)25-20(28)14-31-18-6-3-5-16(2)13-18/h3-13H,14H2,1-2H3,(H,27,29)(H,25,26,28). The van der Waals surface area contributed by atoms with Gasteiger partial charge in [0.25, 0.3) is 11.8 Å². The molecule has 2 amide bonds. The number of amides is 2. The predicted octanol–water partition coefficient (Wildman–Crippen LogP) is 5.29. The lowest BCUT2D eigenvalue weighted by atomic mass is 10.1. The molecule has 2 aromatic carbocycles. The molecular formula is C24H21N3O4S. The first-order chi connectivity index (χ1) is 15.5. The molecule has 2 aromatic heterocycles. The molecule has 0 atom stereocenters. The molecule has 0 saturated carbocycles. The molecule has 0 bridgehead atoms. The largest absolute Gasteiger partial charge is 0.484 e. The lowest BCUT2D eigenvalue weighted by molar-refractivity contribution is -0.118. The number of carbonyl (C=O) groups excluding carboxylic acids is 2. The van der Waals surface area contributed by atoms with E-state index in [0.29, 0.717) is 21.6 Å². The molecule has 0 radical (unpaired) electrons. The van der Waals surface area contributed by atoms with Crippen LogP contribution in [0.25, 0.3) is 11.3 Å². The Kier molecular flexibility index (Phi) is 6.32. The van der Waals surface area contributed by atoms with Crippen LogP contribution < -0.4 is 15.4 Å². The molecule has 7 nitrogen and oxygen atoms in total. The first kappa shape index (κ1) is 21.3. The number of anilines is 2. The zero-order valence-electron chi connectivity index (χ0n) is 17.5. The maximum absolute atomic E-state index is 12.5. The van der Waals surface area contributed by atoms with Crippen LogP contribution in [-0.4, -0.2) is 23.4 Å². The Morgan fingerprint density at radius 3 is 2.53 bits per heavy atom. The van der Waals surface area contributed by atoms with Gasteiger partial charge in [0.15, 0.2) is 17.5 Å². The molecule has 4 rings (SSSR count). The SMILES string of the molecule is Cc1ccc(-c2nc(NC(=O)COc3cccc(C)c3)sc2NC(=O)c2ccco2)cc1. The summed E-state index contributed by atoms with van der Waals surface area (Å²) in [5.74, 6) is 0.0590. The Morgan fingerprint density at radius 1 is 1.00 bits per heavy atom. The van der Waals surface area contributed by atoms with E-state index in [4.69, 9.17) is 9.15 Å². The van der Waals surface area contributed by atoms with Gasteiger partial charge in [-0.25, -0.2) is 4.98 Å². The third-order valence-electron chi connectivity index (χ3n) is 4.53. The molecule has 162 valence electrons. The smallest absolute Gasteiger partial charge is 0.292 e. The van der Waals surface area contributed by atoms with E-state index in [1.807, 2.05) is 56.3 Å². The van der Waals surface area contributed by atoms with Crippen LogP contribution in [0.5, 0.6) is 5.75 Å². The molecule has 0 aliphatic carbocycles. The van der Waals surface area contributed by atoms with Crippen molar-refractivity contribution in [2.45, 2.75) is 13.8 Å². The van der Waals surface area contributed by atoms with E-state index in [2.05, 4.69) is 15.6 Å². The summed E-state index contributed by atoms with van der Waals surface area (Å²) in [6.45, 7) is 3.79. The molecule has 0 fully saturated rings. The predicted molar refractivity (Wildman–Crippen MR) is 124 cm³/mol. The number of hydrogen-bond acceptors (Lipinski definition) is 6. The fraction of sp³-hybridized carbons (Fsp3) is 0.125. The van der Waals surface area contributed by atoms with Gasteiger partial charge in [-0.15, -0.1) is 0 Å². The van der Waals surface area contributed by atoms with Crippen LogP contribution in [0.1, 0.15) is 21.7 Å². The Labute approximate surface area is 189 Å². The minimum absolute atomic E-state index is 0.156. The summed E-state index contributed by atoms with van der Waals surface area (Å²) in [6.07, 6.45) is 1.43. The van der Waals surface area contributed by atoms with Gasteiger partial charge < -0.3 is 14.5 Å². The zero-order valence-corrected chi connectivity index (χ0v) is 18.4. The summed E-state index contributed by atoms with van der Waals surface area (Å²) in [7, 11) is 0. The number of nitrogens with one attached hydrogen (secondary N) is 2. The number of aryl methyl sites for hydroxylation is 2. The zero-order chi connectivity index (χ0) is 22.5. The summed E-state index contributed by atoms with van der Waals surface area (Å²) in [5, 5.41) is 6.43. The van der Waals surface area contributed by atoms with Crippen molar-refractivity contribution in [3.8, 4) is 17.0 Å². The number of thiazole rings is 1. The van der Waals surface area contributed by atoms with Crippen LogP contribution in [0.2, 0.25) is 0 Å². The number of nitrogens with zero attached hydrogens (tertiary/aromatic N) is 1. The number of ether oxygens (including phenoxy) is 1. The fourth-order valence-corrected chi connectivity index (χ4v) is 3.85. The third-order valence-corrected chi connectivity index (χ3v) is 5.42.